The van der Waals surface area contributed by atoms with E-state index in [1.54, 1.807) is 13.8 Å². The van der Waals surface area contributed by atoms with E-state index in [1.165, 1.54) is 0 Å². The Bertz CT molecular complexity index is 48.1. The highest BCUT2D eigenvalue weighted by atomic mass is 16.6. The lowest BCUT2D eigenvalue weighted by molar-refractivity contribution is -0.0288. The molecule has 0 heterocycles. The molecule has 0 aliphatic rings. The van der Waals surface area contributed by atoms with E-state index in [-0.39, 0.29) is 6.61 Å². The van der Waals surface area contributed by atoms with Crippen LogP contribution in [0.5, 0.6) is 0 Å². The summed E-state index contributed by atoms with van der Waals surface area (Å²) in [5, 5.41) is 8.77. The Hall–Kier alpha value is -0.120. The first-order chi connectivity index (χ1) is 3.06. The lowest BCUT2D eigenvalue weighted by atomic mass is 10.2. The van der Waals surface area contributed by atoms with Crippen molar-refractivity contribution in [3.05, 3.63) is 0 Å². The first-order valence-corrected chi connectivity index (χ1v) is 2.07. The van der Waals surface area contributed by atoms with Crippen LogP contribution >= 0.6 is 0 Å². The summed E-state index contributed by atoms with van der Waals surface area (Å²) in [7, 11) is 0. The van der Waals surface area contributed by atoms with E-state index in [1.807, 2.05) is 0 Å². The van der Waals surface area contributed by atoms with E-state index < -0.39 is 5.60 Å². The summed E-state index contributed by atoms with van der Waals surface area (Å²) in [6.45, 7) is 3.23. The zero-order valence-corrected chi connectivity index (χ0v) is 4.56. The topological polar surface area (TPSA) is 53.3 Å². The summed E-state index contributed by atoms with van der Waals surface area (Å²) in [6, 6.07) is 0. The molecule has 7 heavy (non-hydrogen) atoms. The predicted octanol–water partition coefficient (Wildman–Crippen LogP) is -0.0282. The highest BCUT2D eigenvalue weighted by molar-refractivity contribution is 4.60. The minimum atomic E-state index is -0.859. The van der Waals surface area contributed by atoms with Gasteiger partial charge < -0.3 is 5.11 Å². The monoisotopic (exact) mass is 104 g/mol. The third-order valence-electron chi connectivity index (χ3n) is 0.425. The zero-order chi connectivity index (χ0) is 5.91. The quantitative estimate of drug-likeness (QED) is 0.500. The molecule has 0 aliphatic heterocycles. The van der Waals surface area contributed by atoms with Crippen LogP contribution in [0.25, 0.3) is 0 Å². The van der Waals surface area contributed by atoms with Crippen molar-refractivity contribution >= 4 is 0 Å². The maximum absolute atomic E-state index is 8.77. The Morgan fingerprint density at radius 3 is 2.14 bits per heavy atom. The van der Waals surface area contributed by atoms with Crippen molar-refractivity contribution in [1.29, 1.82) is 0 Å². The number of rotatable bonds is 2. The van der Waals surface area contributed by atoms with Gasteiger partial charge in [0.25, 0.3) is 0 Å². The van der Waals surface area contributed by atoms with E-state index >= 15 is 0 Å². The summed E-state index contributed by atoms with van der Waals surface area (Å²) >= 11 is 0. The van der Waals surface area contributed by atoms with E-state index in [9.17, 15) is 0 Å². The highest BCUT2D eigenvalue weighted by Gasteiger charge is 2.10. The summed E-state index contributed by atoms with van der Waals surface area (Å²) < 4.78 is 0. The summed E-state index contributed by atoms with van der Waals surface area (Å²) in [5.41, 5.74) is -0.859. The Morgan fingerprint density at radius 2 is 2.14 bits per heavy atom. The fourth-order valence-electron chi connectivity index (χ4n) is 0.177. The van der Waals surface area contributed by atoms with Gasteiger partial charge in [0.1, 0.15) is 0 Å². The van der Waals surface area contributed by atoms with Gasteiger partial charge in [-0.3, -0.25) is 4.84 Å². The van der Waals surface area contributed by atoms with Crippen molar-refractivity contribution < 1.29 is 9.94 Å². The van der Waals surface area contributed by atoms with Crippen molar-refractivity contribution in [3.63, 3.8) is 0 Å². The fourth-order valence-corrected chi connectivity index (χ4v) is 0.177. The van der Waals surface area contributed by atoms with Gasteiger partial charge in [-0.05, 0) is 13.8 Å². The fraction of sp³-hybridized carbons (Fsp3) is 1.00. The van der Waals surface area contributed by atoms with Crippen molar-refractivity contribution in [2.75, 3.05) is 6.61 Å². The molecule has 1 radical (unpaired) electrons. The third-order valence-corrected chi connectivity index (χ3v) is 0.425. The maximum atomic E-state index is 8.77. The molecule has 0 atom stereocenters. The molecule has 0 aliphatic carbocycles. The Kier molecular flexibility index (Phi) is 2.22. The van der Waals surface area contributed by atoms with Crippen LogP contribution in [0.3, 0.4) is 0 Å². The SMILES string of the molecule is CC(C)(O)CO[NH]. The highest BCUT2D eigenvalue weighted by Crippen LogP contribution is 1.97. The average molecular weight is 104 g/mol. The molecular weight excluding hydrogens is 94.0 g/mol. The molecule has 0 bridgehead atoms. The molecule has 3 nitrogen and oxygen atoms in total. The van der Waals surface area contributed by atoms with Crippen LogP contribution in [0.2, 0.25) is 0 Å². The van der Waals surface area contributed by atoms with Crippen LogP contribution in [0.1, 0.15) is 13.8 Å². The number of hydrogen-bond acceptors (Lipinski definition) is 2. The summed E-state index contributed by atoms with van der Waals surface area (Å²) in [4.78, 5) is 3.91. The van der Waals surface area contributed by atoms with Crippen LogP contribution in [-0.2, 0) is 4.84 Å². The second kappa shape index (κ2) is 2.26. The molecule has 43 valence electrons. The van der Waals surface area contributed by atoms with Crippen LogP contribution in [0, 0.1) is 0 Å². The molecule has 0 saturated carbocycles. The predicted molar refractivity (Wildman–Crippen MR) is 25.3 cm³/mol. The molecule has 2 N–H and O–H groups in total. The maximum Gasteiger partial charge on any atom is 0.0981 e. The lowest BCUT2D eigenvalue weighted by Crippen LogP contribution is -2.25. The molecule has 3 heteroatoms. The van der Waals surface area contributed by atoms with E-state index in [0.29, 0.717) is 0 Å². The number of nitrogens with one attached hydrogen (secondary N) is 1. The Morgan fingerprint density at radius 1 is 1.71 bits per heavy atom. The van der Waals surface area contributed by atoms with Gasteiger partial charge in [-0.25, -0.2) is 0 Å². The van der Waals surface area contributed by atoms with Crippen molar-refractivity contribution in [2.24, 2.45) is 0 Å². The summed E-state index contributed by atoms with van der Waals surface area (Å²) in [6.07, 6.45) is 0. The van der Waals surface area contributed by atoms with Gasteiger partial charge in [-0.2, -0.15) is 0 Å². The molecular formula is C4H10NO2. The van der Waals surface area contributed by atoms with E-state index in [2.05, 4.69) is 4.84 Å². The van der Waals surface area contributed by atoms with Crippen LogP contribution < -0.4 is 5.90 Å². The van der Waals surface area contributed by atoms with Gasteiger partial charge in [-0.1, -0.05) is 0 Å². The van der Waals surface area contributed by atoms with Gasteiger partial charge in [0, 0.05) is 0 Å². The van der Waals surface area contributed by atoms with Crippen LogP contribution in [-0.4, -0.2) is 17.3 Å². The first kappa shape index (κ1) is 6.88. The molecule has 0 aromatic carbocycles. The van der Waals surface area contributed by atoms with Gasteiger partial charge >= 0.3 is 0 Å². The van der Waals surface area contributed by atoms with Crippen LogP contribution in [0.15, 0.2) is 0 Å². The smallest absolute Gasteiger partial charge is 0.0981 e. The average Bonchev–Trinajstić information content (AvgIpc) is 1.30. The molecule has 0 rings (SSSR count). The largest absolute Gasteiger partial charge is 0.388 e. The Labute approximate surface area is 43.0 Å². The second-order valence-electron chi connectivity index (χ2n) is 2.10. The zero-order valence-electron chi connectivity index (χ0n) is 4.56. The Balaban J connectivity index is 3.15. The lowest BCUT2D eigenvalue weighted by Gasteiger charge is -2.12. The number of hydrogen-bond donors (Lipinski definition) is 1. The molecule has 0 aromatic rings. The minimum Gasteiger partial charge on any atom is -0.388 e. The molecule has 0 amide bonds. The standard InChI is InChI=1S/C4H10NO2/c1-4(2,6)3-7-5/h5-6H,3H2,1-2H3. The normalized spacial score (nSPS) is 12.0. The van der Waals surface area contributed by atoms with E-state index in [4.69, 9.17) is 11.0 Å². The van der Waals surface area contributed by atoms with Crippen molar-refractivity contribution in [3.8, 4) is 0 Å². The van der Waals surface area contributed by atoms with Gasteiger partial charge in [-0.15, -0.1) is 5.90 Å². The van der Waals surface area contributed by atoms with Crippen molar-refractivity contribution in [2.45, 2.75) is 19.4 Å². The first-order valence-electron chi connectivity index (χ1n) is 2.07. The number of aliphatic hydroxyl groups is 1. The van der Waals surface area contributed by atoms with Crippen molar-refractivity contribution in [1.82, 2.24) is 5.90 Å². The molecule has 0 spiro atoms. The summed E-state index contributed by atoms with van der Waals surface area (Å²) in [5.74, 6) is 6.20. The molecule has 0 saturated heterocycles. The van der Waals surface area contributed by atoms with Gasteiger partial charge in [0.2, 0.25) is 0 Å². The third kappa shape index (κ3) is 5.88. The second-order valence-corrected chi connectivity index (χ2v) is 2.10. The van der Waals surface area contributed by atoms with Gasteiger partial charge in [0.15, 0.2) is 0 Å². The minimum absolute atomic E-state index is 0.0625. The molecule has 0 unspecified atom stereocenters. The van der Waals surface area contributed by atoms with Gasteiger partial charge in [0.05, 0.1) is 12.2 Å². The van der Waals surface area contributed by atoms with E-state index in [0.717, 1.165) is 0 Å². The molecule has 0 aromatic heterocycles. The molecule has 0 fully saturated rings. The van der Waals surface area contributed by atoms with Crippen LogP contribution in [0.4, 0.5) is 0 Å².